The molecule has 0 bridgehead atoms. The molecule has 3 N–H and O–H groups in total. The van der Waals surface area contributed by atoms with Crippen molar-refractivity contribution in [2.75, 3.05) is 13.2 Å². The molecule has 0 aliphatic carbocycles. The summed E-state index contributed by atoms with van der Waals surface area (Å²) in [7, 11) is 0. The first-order chi connectivity index (χ1) is 7.85. The lowest BCUT2D eigenvalue weighted by Crippen LogP contribution is -2.48. The van der Waals surface area contributed by atoms with E-state index in [1.54, 1.807) is 6.92 Å². The van der Waals surface area contributed by atoms with Crippen LogP contribution in [0.1, 0.15) is 12.5 Å². The van der Waals surface area contributed by atoms with E-state index < -0.39 is 23.9 Å². The fourth-order valence-corrected chi connectivity index (χ4v) is 1.29. The van der Waals surface area contributed by atoms with Crippen molar-refractivity contribution in [1.29, 1.82) is 0 Å². The van der Waals surface area contributed by atoms with Crippen LogP contribution >= 0.6 is 0 Å². The van der Waals surface area contributed by atoms with Crippen LogP contribution < -0.4 is 10.5 Å². The standard InChI is InChI=1S/C10H13F3N2O2/c1-2-17-8-3-7(4-15-5-8)9(16,6-14)10(11,12)13/h3-5,16H,2,6,14H2,1H3. The first kappa shape index (κ1) is 13.7. The van der Waals surface area contributed by atoms with Crippen molar-refractivity contribution in [3.05, 3.63) is 24.0 Å². The number of rotatable bonds is 4. The van der Waals surface area contributed by atoms with E-state index in [9.17, 15) is 18.3 Å². The number of pyridine rings is 1. The molecule has 0 saturated heterocycles. The number of hydrogen-bond acceptors (Lipinski definition) is 4. The Balaban J connectivity index is 3.16. The zero-order chi connectivity index (χ0) is 13.1. The maximum absolute atomic E-state index is 12.7. The third kappa shape index (κ3) is 2.67. The predicted octanol–water partition coefficient (Wildman–Crippen LogP) is 1.19. The topological polar surface area (TPSA) is 68.4 Å². The summed E-state index contributed by atoms with van der Waals surface area (Å²) in [5.74, 6) is 0.154. The minimum absolute atomic E-state index is 0.154. The maximum atomic E-state index is 12.7. The van der Waals surface area contributed by atoms with E-state index in [0.29, 0.717) is 0 Å². The number of aliphatic hydroxyl groups is 1. The summed E-state index contributed by atoms with van der Waals surface area (Å²) in [6, 6.07) is 1.08. The second-order valence-electron chi connectivity index (χ2n) is 3.40. The Morgan fingerprint density at radius 2 is 2.06 bits per heavy atom. The van der Waals surface area contributed by atoms with Crippen molar-refractivity contribution >= 4 is 0 Å². The van der Waals surface area contributed by atoms with Gasteiger partial charge in [0.05, 0.1) is 12.8 Å². The van der Waals surface area contributed by atoms with E-state index in [1.807, 2.05) is 0 Å². The minimum atomic E-state index is -4.87. The van der Waals surface area contributed by atoms with Gasteiger partial charge in [-0.2, -0.15) is 13.2 Å². The van der Waals surface area contributed by atoms with Gasteiger partial charge in [-0.25, -0.2) is 0 Å². The Labute approximate surface area is 96.2 Å². The molecule has 1 atom stereocenters. The summed E-state index contributed by atoms with van der Waals surface area (Å²) in [5, 5.41) is 9.57. The van der Waals surface area contributed by atoms with Crippen LogP contribution in [0.15, 0.2) is 18.5 Å². The third-order valence-electron chi connectivity index (χ3n) is 2.27. The molecule has 0 aliphatic rings. The van der Waals surface area contributed by atoms with E-state index in [2.05, 4.69) is 4.98 Å². The van der Waals surface area contributed by atoms with Gasteiger partial charge in [0.2, 0.25) is 0 Å². The van der Waals surface area contributed by atoms with E-state index in [0.717, 1.165) is 12.3 Å². The highest BCUT2D eigenvalue weighted by Crippen LogP contribution is 2.38. The zero-order valence-electron chi connectivity index (χ0n) is 9.16. The second-order valence-corrected chi connectivity index (χ2v) is 3.40. The van der Waals surface area contributed by atoms with Crippen LogP contribution in [0.5, 0.6) is 5.75 Å². The van der Waals surface area contributed by atoms with Crippen LogP contribution in [0.3, 0.4) is 0 Å². The van der Waals surface area contributed by atoms with E-state index in [4.69, 9.17) is 10.5 Å². The molecule has 0 amide bonds. The first-order valence-corrected chi connectivity index (χ1v) is 4.92. The number of nitrogens with zero attached hydrogens (tertiary/aromatic N) is 1. The van der Waals surface area contributed by atoms with Gasteiger partial charge in [-0.15, -0.1) is 0 Å². The molecule has 1 aromatic heterocycles. The summed E-state index contributed by atoms with van der Waals surface area (Å²) in [4.78, 5) is 3.59. The first-order valence-electron chi connectivity index (χ1n) is 4.92. The zero-order valence-corrected chi connectivity index (χ0v) is 9.16. The molecule has 1 aromatic rings. The van der Waals surface area contributed by atoms with Gasteiger partial charge in [0, 0.05) is 18.3 Å². The lowest BCUT2D eigenvalue weighted by molar-refractivity contribution is -0.262. The van der Waals surface area contributed by atoms with Gasteiger partial charge in [-0.1, -0.05) is 0 Å². The normalized spacial score (nSPS) is 15.4. The van der Waals surface area contributed by atoms with Gasteiger partial charge in [-0.05, 0) is 13.0 Å². The average Bonchev–Trinajstić information content (AvgIpc) is 2.27. The van der Waals surface area contributed by atoms with Gasteiger partial charge in [-0.3, -0.25) is 4.98 Å². The number of hydrogen-bond donors (Lipinski definition) is 2. The molecular weight excluding hydrogens is 237 g/mol. The highest BCUT2D eigenvalue weighted by molar-refractivity contribution is 5.29. The Hall–Kier alpha value is -1.34. The predicted molar refractivity (Wildman–Crippen MR) is 54.4 cm³/mol. The molecule has 4 nitrogen and oxygen atoms in total. The lowest BCUT2D eigenvalue weighted by Gasteiger charge is -2.29. The van der Waals surface area contributed by atoms with Gasteiger partial charge in [0.25, 0.3) is 0 Å². The number of alkyl halides is 3. The van der Waals surface area contributed by atoms with Crippen molar-refractivity contribution in [2.24, 2.45) is 5.73 Å². The SMILES string of the molecule is CCOc1cncc(C(O)(CN)C(F)(F)F)c1. The molecule has 1 heterocycles. The lowest BCUT2D eigenvalue weighted by atomic mass is 9.95. The molecular formula is C10H13F3N2O2. The Morgan fingerprint density at radius 3 is 2.53 bits per heavy atom. The molecule has 0 aromatic carbocycles. The number of ether oxygens (including phenoxy) is 1. The molecule has 17 heavy (non-hydrogen) atoms. The highest BCUT2D eigenvalue weighted by Gasteiger charge is 2.54. The van der Waals surface area contributed by atoms with Crippen molar-refractivity contribution < 1.29 is 23.0 Å². The molecule has 7 heteroatoms. The maximum Gasteiger partial charge on any atom is 0.422 e. The monoisotopic (exact) mass is 250 g/mol. The van der Waals surface area contributed by atoms with Crippen molar-refractivity contribution in [3.63, 3.8) is 0 Å². The smallest absolute Gasteiger partial charge is 0.422 e. The van der Waals surface area contributed by atoms with Crippen LogP contribution in [0, 0.1) is 0 Å². The van der Waals surface area contributed by atoms with Crippen LogP contribution in [-0.4, -0.2) is 29.4 Å². The molecule has 0 aliphatic heterocycles. The molecule has 1 rings (SSSR count). The summed E-state index contributed by atoms with van der Waals surface area (Å²) in [6.07, 6.45) is -2.68. The largest absolute Gasteiger partial charge is 0.492 e. The molecule has 0 radical (unpaired) electrons. The van der Waals surface area contributed by atoms with Crippen LogP contribution in [-0.2, 0) is 5.60 Å². The number of nitrogens with two attached hydrogens (primary N) is 1. The minimum Gasteiger partial charge on any atom is -0.492 e. The van der Waals surface area contributed by atoms with Gasteiger partial charge in [0.1, 0.15) is 5.75 Å². The van der Waals surface area contributed by atoms with E-state index in [-0.39, 0.29) is 12.4 Å². The fourth-order valence-electron chi connectivity index (χ4n) is 1.29. The molecule has 0 spiro atoms. The van der Waals surface area contributed by atoms with Crippen molar-refractivity contribution in [1.82, 2.24) is 4.98 Å². The van der Waals surface area contributed by atoms with Crippen LogP contribution in [0.4, 0.5) is 13.2 Å². The van der Waals surface area contributed by atoms with Crippen molar-refractivity contribution in [2.45, 2.75) is 18.7 Å². The van der Waals surface area contributed by atoms with E-state index in [1.165, 1.54) is 6.20 Å². The summed E-state index contributed by atoms with van der Waals surface area (Å²) in [6.45, 7) is 0.998. The molecule has 0 saturated carbocycles. The molecule has 96 valence electrons. The van der Waals surface area contributed by atoms with Gasteiger partial charge >= 0.3 is 6.18 Å². The quantitative estimate of drug-likeness (QED) is 0.842. The molecule has 0 fully saturated rings. The molecule has 1 unspecified atom stereocenters. The summed E-state index contributed by atoms with van der Waals surface area (Å²) >= 11 is 0. The van der Waals surface area contributed by atoms with E-state index >= 15 is 0 Å². The van der Waals surface area contributed by atoms with Crippen molar-refractivity contribution in [3.8, 4) is 5.75 Å². The fraction of sp³-hybridized carbons (Fsp3) is 0.500. The third-order valence-corrected chi connectivity index (χ3v) is 2.27. The van der Waals surface area contributed by atoms with Gasteiger partial charge < -0.3 is 15.6 Å². The number of halogens is 3. The highest BCUT2D eigenvalue weighted by atomic mass is 19.4. The summed E-state index contributed by atoms with van der Waals surface area (Å²) in [5.41, 5.74) is 1.47. The van der Waals surface area contributed by atoms with Crippen LogP contribution in [0.25, 0.3) is 0 Å². The van der Waals surface area contributed by atoms with Crippen LogP contribution in [0.2, 0.25) is 0 Å². The summed E-state index contributed by atoms with van der Waals surface area (Å²) < 4.78 is 43.1. The Kier molecular flexibility index (Phi) is 3.94. The number of aromatic nitrogens is 1. The van der Waals surface area contributed by atoms with Gasteiger partial charge in [0.15, 0.2) is 5.60 Å². The Bertz CT molecular complexity index is 384. The average molecular weight is 250 g/mol. The Morgan fingerprint density at radius 1 is 1.41 bits per heavy atom. The second kappa shape index (κ2) is 4.89.